The molecular formula is C11H9N3O6. The lowest BCUT2D eigenvalue weighted by atomic mass is 10.2. The second-order valence-electron chi connectivity index (χ2n) is 3.44. The van der Waals surface area contributed by atoms with Crippen LogP contribution in [0.5, 0.6) is 0 Å². The van der Waals surface area contributed by atoms with Crippen molar-refractivity contribution in [3.8, 4) is 0 Å². The second-order valence-corrected chi connectivity index (χ2v) is 3.44. The average Bonchev–Trinajstić information content (AvgIpc) is 2.46. The molecule has 0 saturated carbocycles. The van der Waals surface area contributed by atoms with Crippen LogP contribution in [-0.2, 0) is 25.7 Å². The summed E-state index contributed by atoms with van der Waals surface area (Å²) < 4.78 is 8.92. The average molecular weight is 279 g/mol. The van der Waals surface area contributed by atoms with Crippen molar-refractivity contribution in [1.29, 1.82) is 0 Å². The number of hydrogen-bond donors (Lipinski definition) is 0. The van der Waals surface area contributed by atoms with Crippen LogP contribution >= 0.6 is 0 Å². The van der Waals surface area contributed by atoms with Crippen LogP contribution in [0.3, 0.4) is 0 Å². The van der Waals surface area contributed by atoms with E-state index in [0.717, 1.165) is 7.11 Å². The third-order valence-electron chi connectivity index (χ3n) is 2.19. The van der Waals surface area contributed by atoms with Gasteiger partial charge in [-0.15, -0.1) is 0 Å². The number of hydrogen-bond acceptors (Lipinski definition) is 6. The largest absolute Gasteiger partial charge is 0.482 e. The molecule has 9 nitrogen and oxygen atoms in total. The molecule has 0 unspecified atom stereocenters. The van der Waals surface area contributed by atoms with Crippen molar-refractivity contribution < 1.29 is 28.8 Å². The zero-order valence-corrected chi connectivity index (χ0v) is 10.3. The molecule has 1 aromatic rings. The Kier molecular flexibility index (Phi) is 5.07. The first-order chi connectivity index (χ1) is 9.49. The topological polar surface area (TPSA) is 132 Å². The van der Waals surface area contributed by atoms with Crippen molar-refractivity contribution in [2.45, 2.75) is 6.61 Å². The summed E-state index contributed by atoms with van der Waals surface area (Å²) in [5, 5.41) is 10.4. The SMILES string of the molecule is COC(=O)C(=[N+]=[N-])C(=O)OCc1ccc([N+](=O)[O-])cc1. The predicted octanol–water partition coefficient (Wildman–Crippen LogP) is 0.482. The molecule has 20 heavy (non-hydrogen) atoms. The number of nitrogens with zero attached hydrogens (tertiary/aromatic N) is 3. The molecule has 9 heteroatoms. The van der Waals surface area contributed by atoms with E-state index in [1.807, 2.05) is 0 Å². The summed E-state index contributed by atoms with van der Waals surface area (Å²) in [5.41, 5.74) is 7.97. The zero-order valence-electron chi connectivity index (χ0n) is 10.3. The van der Waals surface area contributed by atoms with Gasteiger partial charge in [-0.2, -0.15) is 4.79 Å². The number of rotatable bonds is 5. The first kappa shape index (κ1) is 15.0. The van der Waals surface area contributed by atoms with Crippen LogP contribution in [-0.4, -0.2) is 34.5 Å². The maximum absolute atomic E-state index is 11.4. The van der Waals surface area contributed by atoms with Crippen molar-refractivity contribution >= 4 is 23.3 Å². The van der Waals surface area contributed by atoms with Crippen LogP contribution in [0.25, 0.3) is 5.53 Å². The monoisotopic (exact) mass is 279 g/mol. The number of carbonyl (C=O) groups is 2. The maximum Gasteiger partial charge on any atom is 0.482 e. The minimum Gasteiger partial charge on any atom is -0.460 e. The number of nitro groups is 1. The van der Waals surface area contributed by atoms with E-state index in [0.29, 0.717) is 5.56 Å². The number of methoxy groups -OCH3 is 1. The summed E-state index contributed by atoms with van der Waals surface area (Å²) in [7, 11) is 1.01. The van der Waals surface area contributed by atoms with Gasteiger partial charge in [0.1, 0.15) is 6.61 Å². The van der Waals surface area contributed by atoms with E-state index in [1.54, 1.807) is 0 Å². The summed E-state index contributed by atoms with van der Waals surface area (Å²) in [6.45, 7) is -0.243. The highest BCUT2D eigenvalue weighted by Gasteiger charge is 2.32. The fraction of sp³-hybridized carbons (Fsp3) is 0.182. The Morgan fingerprint density at radius 2 is 1.90 bits per heavy atom. The van der Waals surface area contributed by atoms with Crippen molar-refractivity contribution in [1.82, 2.24) is 0 Å². The molecule has 0 atom stereocenters. The fourth-order valence-corrected chi connectivity index (χ4v) is 1.19. The minimum absolute atomic E-state index is 0.104. The number of benzene rings is 1. The number of carbonyl (C=O) groups excluding carboxylic acids is 2. The quantitative estimate of drug-likeness (QED) is 0.146. The van der Waals surface area contributed by atoms with E-state index in [4.69, 9.17) is 10.3 Å². The summed E-state index contributed by atoms with van der Waals surface area (Å²) in [6, 6.07) is 5.26. The van der Waals surface area contributed by atoms with Crippen LogP contribution in [0.15, 0.2) is 24.3 Å². The van der Waals surface area contributed by atoms with E-state index < -0.39 is 22.6 Å². The summed E-state index contributed by atoms with van der Waals surface area (Å²) in [4.78, 5) is 34.8. The normalized spacial score (nSPS) is 9.25. The second kappa shape index (κ2) is 6.76. The van der Waals surface area contributed by atoms with Gasteiger partial charge >= 0.3 is 17.7 Å². The van der Waals surface area contributed by atoms with E-state index >= 15 is 0 Å². The molecule has 1 rings (SSSR count). The van der Waals surface area contributed by atoms with Gasteiger partial charge in [-0.05, 0) is 17.7 Å². The maximum atomic E-state index is 11.4. The number of nitro benzene ring substituents is 1. The number of ether oxygens (including phenoxy) is 2. The lowest BCUT2D eigenvalue weighted by molar-refractivity contribution is -0.384. The molecule has 0 aliphatic heterocycles. The molecule has 0 aromatic heterocycles. The molecule has 104 valence electrons. The van der Waals surface area contributed by atoms with Gasteiger partial charge < -0.3 is 15.0 Å². The Bertz CT molecular complexity index is 589. The van der Waals surface area contributed by atoms with Crippen molar-refractivity contribution in [2.75, 3.05) is 7.11 Å². The van der Waals surface area contributed by atoms with Gasteiger partial charge in [0.2, 0.25) is 0 Å². The molecule has 0 heterocycles. The molecule has 0 saturated heterocycles. The fourth-order valence-electron chi connectivity index (χ4n) is 1.19. The third-order valence-corrected chi connectivity index (χ3v) is 2.19. The highest BCUT2D eigenvalue weighted by Crippen LogP contribution is 2.12. The van der Waals surface area contributed by atoms with Crippen molar-refractivity contribution in [3.05, 3.63) is 45.5 Å². The van der Waals surface area contributed by atoms with Crippen molar-refractivity contribution in [3.63, 3.8) is 0 Å². The molecule has 0 N–H and O–H groups in total. The Morgan fingerprint density at radius 3 is 2.35 bits per heavy atom. The molecule has 0 radical (unpaired) electrons. The Labute approximate surface area is 112 Å². The number of non-ortho nitro benzene ring substituents is 1. The minimum atomic E-state index is -1.17. The third kappa shape index (κ3) is 3.72. The summed E-state index contributed by atoms with van der Waals surface area (Å²) in [6.07, 6.45) is 0. The van der Waals surface area contributed by atoms with Gasteiger partial charge in [0.25, 0.3) is 5.69 Å². The van der Waals surface area contributed by atoms with Gasteiger partial charge in [0, 0.05) is 12.1 Å². The molecular weight excluding hydrogens is 270 g/mol. The van der Waals surface area contributed by atoms with Gasteiger partial charge in [-0.3, -0.25) is 10.1 Å². The Morgan fingerprint density at radius 1 is 1.30 bits per heavy atom. The number of esters is 2. The van der Waals surface area contributed by atoms with Gasteiger partial charge in [-0.25, -0.2) is 9.59 Å². The molecule has 0 aliphatic carbocycles. The molecule has 0 amide bonds. The summed E-state index contributed by atoms with van der Waals surface area (Å²) in [5.74, 6) is -2.31. The van der Waals surface area contributed by atoms with Gasteiger partial charge in [0.15, 0.2) is 0 Å². The van der Waals surface area contributed by atoms with E-state index in [-0.39, 0.29) is 12.3 Å². The van der Waals surface area contributed by atoms with Gasteiger partial charge in [0.05, 0.1) is 12.0 Å². The first-order valence-corrected chi connectivity index (χ1v) is 5.20. The standard InChI is InChI=1S/C11H9N3O6/c1-19-10(15)9(13-12)11(16)20-6-7-2-4-8(5-3-7)14(17)18/h2-5H,6H2,1H3. The molecule has 0 aliphatic rings. The molecule has 0 fully saturated rings. The predicted molar refractivity (Wildman–Crippen MR) is 63.5 cm³/mol. The smallest absolute Gasteiger partial charge is 0.460 e. The van der Waals surface area contributed by atoms with E-state index in [2.05, 4.69) is 9.53 Å². The Hall–Kier alpha value is -3.06. The van der Waals surface area contributed by atoms with Crippen LogP contribution in [0, 0.1) is 10.1 Å². The summed E-state index contributed by atoms with van der Waals surface area (Å²) >= 11 is 0. The zero-order chi connectivity index (χ0) is 15.1. The molecule has 1 aromatic carbocycles. The first-order valence-electron chi connectivity index (χ1n) is 5.20. The van der Waals surface area contributed by atoms with Crippen LogP contribution < -0.4 is 0 Å². The van der Waals surface area contributed by atoms with Crippen LogP contribution in [0.2, 0.25) is 0 Å². The van der Waals surface area contributed by atoms with E-state index in [9.17, 15) is 19.7 Å². The Balaban J connectivity index is 2.67. The van der Waals surface area contributed by atoms with Crippen LogP contribution in [0.1, 0.15) is 5.56 Å². The molecule has 0 bridgehead atoms. The van der Waals surface area contributed by atoms with Crippen LogP contribution in [0.4, 0.5) is 5.69 Å². The van der Waals surface area contributed by atoms with E-state index in [1.165, 1.54) is 24.3 Å². The van der Waals surface area contributed by atoms with Gasteiger partial charge in [-0.1, -0.05) is 0 Å². The lowest BCUT2D eigenvalue weighted by Gasteiger charge is -2.01. The van der Waals surface area contributed by atoms with Crippen molar-refractivity contribution in [2.24, 2.45) is 0 Å². The highest BCUT2D eigenvalue weighted by atomic mass is 16.6. The molecule has 0 spiro atoms. The lowest BCUT2D eigenvalue weighted by Crippen LogP contribution is -2.28. The highest BCUT2D eigenvalue weighted by molar-refractivity contribution is 6.60.